The third-order valence-electron chi connectivity index (χ3n) is 1.21. The molecule has 1 aromatic heterocycles. The number of nitrogens with two attached hydrogens (primary N) is 1. The number of alkyl halides is 3. The van der Waals surface area contributed by atoms with E-state index in [2.05, 4.69) is 4.98 Å². The molecule has 0 saturated carbocycles. The van der Waals surface area contributed by atoms with E-state index in [4.69, 9.17) is 17.3 Å². The minimum Gasteiger partial charge on any atom is -0.383 e. The van der Waals surface area contributed by atoms with Gasteiger partial charge in [0.05, 0.1) is 5.02 Å². The molecule has 2 nitrogen and oxygen atoms in total. The Morgan fingerprint density at radius 3 is 2.33 bits per heavy atom. The first-order chi connectivity index (χ1) is 5.43. The highest BCUT2D eigenvalue weighted by Crippen LogP contribution is 2.37. The van der Waals surface area contributed by atoms with Crippen LogP contribution in [0.25, 0.3) is 0 Å². The van der Waals surface area contributed by atoms with E-state index in [1.54, 1.807) is 0 Å². The van der Waals surface area contributed by atoms with E-state index in [-0.39, 0.29) is 0 Å². The summed E-state index contributed by atoms with van der Waals surface area (Å²) in [4.78, 5) is 3.28. The predicted octanol–water partition coefficient (Wildman–Crippen LogP) is 2.34. The van der Waals surface area contributed by atoms with E-state index in [1.807, 2.05) is 0 Å². The van der Waals surface area contributed by atoms with Crippen LogP contribution >= 0.6 is 11.6 Å². The normalized spacial score (nSPS) is 11.7. The standard InChI is InChI=1S/C6H4ClF3N2/c7-3-1-2-12-5(11)4(3)6(8,9)10/h1-2H,(H2,11,12). The van der Waals surface area contributed by atoms with Gasteiger partial charge in [-0.2, -0.15) is 13.2 Å². The second-order valence-electron chi connectivity index (χ2n) is 2.05. The molecule has 0 spiro atoms. The molecule has 0 fully saturated rings. The van der Waals surface area contributed by atoms with E-state index < -0.39 is 22.6 Å². The van der Waals surface area contributed by atoms with Gasteiger partial charge in [-0.05, 0) is 6.07 Å². The smallest absolute Gasteiger partial charge is 0.383 e. The molecule has 1 heterocycles. The molecule has 0 aromatic carbocycles. The summed E-state index contributed by atoms with van der Waals surface area (Å²) in [6, 6.07) is 1.04. The zero-order valence-electron chi connectivity index (χ0n) is 5.69. The van der Waals surface area contributed by atoms with Gasteiger partial charge < -0.3 is 5.73 Å². The van der Waals surface area contributed by atoms with Gasteiger partial charge in [0.1, 0.15) is 11.4 Å². The molecule has 0 aliphatic heterocycles. The number of hydrogen-bond acceptors (Lipinski definition) is 2. The maximum Gasteiger partial charge on any atom is 0.421 e. The van der Waals surface area contributed by atoms with Crippen molar-refractivity contribution in [3.8, 4) is 0 Å². The fourth-order valence-electron chi connectivity index (χ4n) is 0.734. The Morgan fingerprint density at radius 2 is 2.00 bits per heavy atom. The van der Waals surface area contributed by atoms with E-state index in [0.29, 0.717) is 0 Å². The lowest BCUT2D eigenvalue weighted by Crippen LogP contribution is -2.10. The first-order valence-corrected chi connectivity index (χ1v) is 3.28. The topological polar surface area (TPSA) is 38.9 Å². The fraction of sp³-hybridized carbons (Fsp3) is 0.167. The average Bonchev–Trinajstić information content (AvgIpc) is 1.82. The van der Waals surface area contributed by atoms with Crippen molar-refractivity contribution < 1.29 is 13.2 Å². The van der Waals surface area contributed by atoms with Crippen LogP contribution in [0, 0.1) is 0 Å². The summed E-state index contributed by atoms with van der Waals surface area (Å²) in [6.45, 7) is 0. The molecule has 0 atom stereocenters. The molecule has 0 unspecified atom stereocenters. The number of nitrogens with zero attached hydrogens (tertiary/aromatic N) is 1. The SMILES string of the molecule is Nc1nccc(Cl)c1C(F)(F)F. The lowest BCUT2D eigenvalue weighted by molar-refractivity contribution is -0.137. The van der Waals surface area contributed by atoms with Gasteiger partial charge in [0, 0.05) is 6.20 Å². The summed E-state index contributed by atoms with van der Waals surface area (Å²) >= 11 is 5.27. The zero-order chi connectivity index (χ0) is 9.35. The first-order valence-electron chi connectivity index (χ1n) is 2.90. The Balaban J connectivity index is 3.31. The quantitative estimate of drug-likeness (QED) is 0.692. The summed E-state index contributed by atoms with van der Waals surface area (Å²) in [7, 11) is 0. The van der Waals surface area contributed by atoms with E-state index in [0.717, 1.165) is 12.3 Å². The Bertz CT molecular complexity index is 277. The van der Waals surface area contributed by atoms with Crippen LogP contribution < -0.4 is 5.73 Å². The predicted molar refractivity (Wildman–Crippen MR) is 38.7 cm³/mol. The average molecular weight is 197 g/mol. The van der Waals surface area contributed by atoms with Crippen molar-refractivity contribution in [2.75, 3.05) is 5.73 Å². The Kier molecular flexibility index (Phi) is 2.14. The maximum absolute atomic E-state index is 12.1. The van der Waals surface area contributed by atoms with Crippen molar-refractivity contribution in [2.24, 2.45) is 0 Å². The van der Waals surface area contributed by atoms with Gasteiger partial charge in [-0.15, -0.1) is 0 Å². The van der Waals surface area contributed by atoms with Gasteiger partial charge in [0.15, 0.2) is 0 Å². The number of aromatic nitrogens is 1. The van der Waals surface area contributed by atoms with Crippen LogP contribution in [0.15, 0.2) is 12.3 Å². The lowest BCUT2D eigenvalue weighted by Gasteiger charge is -2.09. The van der Waals surface area contributed by atoms with Crippen LogP contribution in [-0.2, 0) is 6.18 Å². The molecule has 0 amide bonds. The fourth-order valence-corrected chi connectivity index (χ4v) is 0.994. The van der Waals surface area contributed by atoms with Crippen molar-refractivity contribution in [2.45, 2.75) is 6.18 Å². The summed E-state index contributed by atoms with van der Waals surface area (Å²) in [6.07, 6.45) is -3.43. The lowest BCUT2D eigenvalue weighted by atomic mass is 10.2. The molecular weight excluding hydrogens is 193 g/mol. The number of hydrogen-bond donors (Lipinski definition) is 1. The molecule has 2 N–H and O–H groups in total. The molecule has 0 bridgehead atoms. The van der Waals surface area contributed by atoms with Crippen LogP contribution in [0.2, 0.25) is 5.02 Å². The van der Waals surface area contributed by atoms with Crippen LogP contribution in [0.3, 0.4) is 0 Å². The second kappa shape index (κ2) is 2.82. The second-order valence-corrected chi connectivity index (χ2v) is 2.46. The molecule has 0 aliphatic rings. The molecule has 12 heavy (non-hydrogen) atoms. The van der Waals surface area contributed by atoms with Gasteiger partial charge in [-0.25, -0.2) is 4.98 Å². The van der Waals surface area contributed by atoms with Crippen LogP contribution in [-0.4, -0.2) is 4.98 Å². The van der Waals surface area contributed by atoms with Crippen LogP contribution in [0.1, 0.15) is 5.56 Å². The van der Waals surface area contributed by atoms with E-state index >= 15 is 0 Å². The van der Waals surface area contributed by atoms with Crippen molar-refractivity contribution in [3.63, 3.8) is 0 Å². The summed E-state index contributed by atoms with van der Waals surface area (Å²) in [5.74, 6) is -0.602. The number of nitrogen functional groups attached to an aromatic ring is 1. The van der Waals surface area contributed by atoms with Crippen LogP contribution in [0.4, 0.5) is 19.0 Å². The van der Waals surface area contributed by atoms with Crippen molar-refractivity contribution in [3.05, 3.63) is 22.8 Å². The molecular formula is C6H4ClF3N2. The largest absolute Gasteiger partial charge is 0.421 e. The number of halogens is 4. The minimum atomic E-state index is -4.55. The Hall–Kier alpha value is -0.970. The van der Waals surface area contributed by atoms with Gasteiger partial charge in [0.2, 0.25) is 0 Å². The van der Waals surface area contributed by atoms with Crippen LogP contribution in [0.5, 0.6) is 0 Å². The Labute approximate surface area is 71.2 Å². The van der Waals surface area contributed by atoms with Crippen molar-refractivity contribution in [1.29, 1.82) is 0 Å². The van der Waals surface area contributed by atoms with Crippen molar-refractivity contribution >= 4 is 17.4 Å². The summed E-state index contributed by atoms with van der Waals surface area (Å²) in [5, 5.41) is -0.435. The monoisotopic (exact) mass is 196 g/mol. The molecule has 0 aliphatic carbocycles. The number of anilines is 1. The highest BCUT2D eigenvalue weighted by Gasteiger charge is 2.36. The first kappa shape index (κ1) is 9.12. The van der Waals surface area contributed by atoms with E-state index in [1.165, 1.54) is 0 Å². The number of rotatable bonds is 0. The van der Waals surface area contributed by atoms with Crippen molar-refractivity contribution in [1.82, 2.24) is 4.98 Å². The molecule has 0 saturated heterocycles. The summed E-state index contributed by atoms with van der Waals surface area (Å²) < 4.78 is 36.3. The third kappa shape index (κ3) is 1.61. The van der Waals surface area contributed by atoms with Gasteiger partial charge >= 0.3 is 6.18 Å². The highest BCUT2D eigenvalue weighted by molar-refractivity contribution is 6.31. The minimum absolute atomic E-state index is 0.435. The Morgan fingerprint density at radius 1 is 1.42 bits per heavy atom. The molecule has 1 rings (SSSR count). The van der Waals surface area contributed by atoms with Gasteiger partial charge in [-0.1, -0.05) is 11.6 Å². The van der Waals surface area contributed by atoms with Gasteiger partial charge in [0.25, 0.3) is 0 Å². The maximum atomic E-state index is 12.1. The highest BCUT2D eigenvalue weighted by atomic mass is 35.5. The summed E-state index contributed by atoms with van der Waals surface area (Å²) in [5.41, 5.74) is 3.91. The van der Waals surface area contributed by atoms with E-state index in [9.17, 15) is 13.2 Å². The zero-order valence-corrected chi connectivity index (χ0v) is 6.45. The van der Waals surface area contributed by atoms with Gasteiger partial charge in [-0.3, -0.25) is 0 Å². The molecule has 1 aromatic rings. The molecule has 6 heteroatoms. The molecule has 66 valence electrons. The third-order valence-corrected chi connectivity index (χ3v) is 1.53. The number of pyridine rings is 1. The molecule has 0 radical (unpaired) electrons.